The molecule has 1 rings (SSSR count). The highest BCUT2D eigenvalue weighted by Crippen LogP contribution is 2.22. The van der Waals surface area contributed by atoms with Gasteiger partial charge < -0.3 is 15.8 Å². The molecule has 0 fully saturated rings. The maximum absolute atomic E-state index is 11.3. The van der Waals surface area contributed by atoms with Gasteiger partial charge in [-0.25, -0.2) is 0 Å². The van der Waals surface area contributed by atoms with Crippen LogP contribution in [0.4, 0.5) is 5.69 Å². The molecule has 0 saturated carbocycles. The predicted molar refractivity (Wildman–Crippen MR) is 69.6 cm³/mol. The molecule has 0 heterocycles. The van der Waals surface area contributed by atoms with E-state index >= 15 is 0 Å². The van der Waals surface area contributed by atoms with E-state index in [0.717, 1.165) is 5.56 Å². The van der Waals surface area contributed by atoms with Gasteiger partial charge in [0.05, 0.1) is 12.8 Å². The summed E-state index contributed by atoms with van der Waals surface area (Å²) in [5, 5.41) is 2.64. The zero-order valence-electron chi connectivity index (χ0n) is 9.77. The van der Waals surface area contributed by atoms with Crippen LogP contribution in [0.3, 0.4) is 0 Å². The molecule has 1 amide bonds. The smallest absolute Gasteiger partial charge is 0.244 e. The van der Waals surface area contributed by atoms with Crippen LogP contribution in [0.25, 0.3) is 6.08 Å². The van der Waals surface area contributed by atoms with Gasteiger partial charge in [0.2, 0.25) is 5.91 Å². The molecule has 4 nitrogen and oxygen atoms in total. The van der Waals surface area contributed by atoms with Crippen LogP contribution in [0, 0.1) is 0 Å². The van der Waals surface area contributed by atoms with Crippen LogP contribution in [-0.2, 0) is 4.79 Å². The van der Waals surface area contributed by atoms with Gasteiger partial charge in [0.25, 0.3) is 0 Å². The van der Waals surface area contributed by atoms with Gasteiger partial charge in [0.1, 0.15) is 5.75 Å². The Bertz CT molecular complexity index is 439. The Labute approximate surface area is 101 Å². The van der Waals surface area contributed by atoms with Gasteiger partial charge in [0.15, 0.2) is 0 Å². The zero-order valence-corrected chi connectivity index (χ0v) is 9.77. The van der Waals surface area contributed by atoms with Gasteiger partial charge in [0, 0.05) is 12.6 Å². The van der Waals surface area contributed by atoms with E-state index in [1.54, 1.807) is 31.4 Å². The lowest BCUT2D eigenvalue weighted by atomic mass is 10.1. The summed E-state index contributed by atoms with van der Waals surface area (Å²) in [6.45, 7) is 3.96. The van der Waals surface area contributed by atoms with E-state index in [0.29, 0.717) is 18.0 Å². The summed E-state index contributed by atoms with van der Waals surface area (Å²) < 4.78 is 5.04. The third-order valence-electron chi connectivity index (χ3n) is 2.10. The number of nitrogens with two attached hydrogens (primary N) is 1. The largest absolute Gasteiger partial charge is 0.495 e. The van der Waals surface area contributed by atoms with Crippen LogP contribution in [0.5, 0.6) is 5.75 Å². The van der Waals surface area contributed by atoms with E-state index in [-0.39, 0.29) is 5.91 Å². The second-order valence-electron chi connectivity index (χ2n) is 3.37. The molecule has 1 aromatic rings. The molecule has 0 aliphatic heterocycles. The quantitative estimate of drug-likeness (QED) is 0.460. The van der Waals surface area contributed by atoms with Crippen LogP contribution >= 0.6 is 0 Å². The van der Waals surface area contributed by atoms with E-state index < -0.39 is 0 Å². The number of hydrogen-bond acceptors (Lipinski definition) is 3. The first kappa shape index (κ1) is 12.8. The van der Waals surface area contributed by atoms with E-state index in [4.69, 9.17) is 10.5 Å². The van der Waals surface area contributed by atoms with Gasteiger partial charge >= 0.3 is 0 Å². The van der Waals surface area contributed by atoms with Crippen molar-refractivity contribution in [2.75, 3.05) is 19.4 Å². The van der Waals surface area contributed by atoms with Crippen molar-refractivity contribution in [1.29, 1.82) is 0 Å². The molecule has 17 heavy (non-hydrogen) atoms. The van der Waals surface area contributed by atoms with Crippen LogP contribution in [0.1, 0.15) is 5.56 Å². The minimum atomic E-state index is -0.167. The van der Waals surface area contributed by atoms with Crippen LogP contribution in [0.2, 0.25) is 0 Å². The molecule has 0 spiro atoms. The number of benzene rings is 1. The topological polar surface area (TPSA) is 64.3 Å². The Hall–Kier alpha value is -2.23. The maximum atomic E-state index is 11.3. The van der Waals surface area contributed by atoms with Crippen molar-refractivity contribution in [2.45, 2.75) is 0 Å². The van der Waals surface area contributed by atoms with Crippen LogP contribution in [-0.4, -0.2) is 19.6 Å². The van der Waals surface area contributed by atoms with Gasteiger partial charge in [-0.3, -0.25) is 4.79 Å². The SMILES string of the molecule is C=CCNC(=O)/C=C/c1ccc(OC)c(N)c1. The summed E-state index contributed by atoms with van der Waals surface area (Å²) >= 11 is 0. The van der Waals surface area contributed by atoms with E-state index in [1.807, 2.05) is 6.07 Å². The second-order valence-corrected chi connectivity index (χ2v) is 3.37. The van der Waals surface area contributed by atoms with E-state index in [2.05, 4.69) is 11.9 Å². The summed E-state index contributed by atoms with van der Waals surface area (Å²) in [6.07, 6.45) is 4.76. The molecule has 0 aliphatic rings. The lowest BCUT2D eigenvalue weighted by molar-refractivity contribution is -0.116. The number of amides is 1. The molecule has 0 aliphatic carbocycles. The first-order chi connectivity index (χ1) is 8.17. The first-order valence-electron chi connectivity index (χ1n) is 5.17. The number of ether oxygens (including phenoxy) is 1. The van der Waals surface area contributed by atoms with Crippen molar-refractivity contribution < 1.29 is 9.53 Å². The predicted octanol–water partition coefficient (Wildman–Crippen LogP) is 1.59. The lowest BCUT2D eigenvalue weighted by Gasteiger charge is -2.04. The monoisotopic (exact) mass is 232 g/mol. The molecule has 0 aromatic heterocycles. The van der Waals surface area contributed by atoms with Crippen LogP contribution < -0.4 is 15.8 Å². The summed E-state index contributed by atoms with van der Waals surface area (Å²) in [5.74, 6) is 0.456. The third kappa shape index (κ3) is 4.03. The fourth-order valence-corrected chi connectivity index (χ4v) is 1.26. The second kappa shape index (κ2) is 6.37. The lowest BCUT2D eigenvalue weighted by Crippen LogP contribution is -2.20. The Kier molecular flexibility index (Phi) is 4.81. The number of rotatable bonds is 5. The van der Waals surface area contributed by atoms with Crippen molar-refractivity contribution in [3.05, 3.63) is 42.5 Å². The maximum Gasteiger partial charge on any atom is 0.244 e. The molecule has 90 valence electrons. The number of nitrogen functional groups attached to an aromatic ring is 1. The van der Waals surface area contributed by atoms with Gasteiger partial charge in [-0.15, -0.1) is 6.58 Å². The van der Waals surface area contributed by atoms with Gasteiger partial charge in [-0.1, -0.05) is 12.1 Å². The summed E-state index contributed by atoms with van der Waals surface area (Å²) in [6, 6.07) is 5.33. The summed E-state index contributed by atoms with van der Waals surface area (Å²) in [7, 11) is 1.56. The molecule has 0 atom stereocenters. The highest BCUT2D eigenvalue weighted by molar-refractivity contribution is 5.91. The van der Waals surface area contributed by atoms with Gasteiger partial charge in [-0.2, -0.15) is 0 Å². The number of methoxy groups -OCH3 is 1. The Morgan fingerprint density at radius 3 is 2.94 bits per heavy atom. The van der Waals surface area contributed by atoms with Crippen molar-refractivity contribution in [3.63, 3.8) is 0 Å². The highest BCUT2D eigenvalue weighted by Gasteiger charge is 1.98. The Balaban J connectivity index is 2.68. The molecular weight excluding hydrogens is 216 g/mol. The molecular formula is C13H16N2O2. The number of anilines is 1. The van der Waals surface area contributed by atoms with Crippen LogP contribution in [0.15, 0.2) is 36.9 Å². The Morgan fingerprint density at radius 2 is 2.35 bits per heavy atom. The fraction of sp³-hybridized carbons (Fsp3) is 0.154. The molecule has 0 radical (unpaired) electrons. The summed E-state index contributed by atoms with van der Waals surface area (Å²) in [5.41, 5.74) is 7.13. The summed E-state index contributed by atoms with van der Waals surface area (Å²) in [4.78, 5) is 11.3. The standard InChI is InChI=1S/C13H16N2O2/c1-3-8-15-13(16)7-5-10-4-6-12(17-2)11(14)9-10/h3-7,9H,1,8,14H2,2H3,(H,15,16)/b7-5+. The van der Waals surface area contributed by atoms with E-state index in [9.17, 15) is 4.79 Å². The molecule has 0 unspecified atom stereocenters. The van der Waals surface area contributed by atoms with Crippen molar-refractivity contribution in [3.8, 4) is 5.75 Å². The van der Waals surface area contributed by atoms with Gasteiger partial charge in [-0.05, 0) is 23.8 Å². The van der Waals surface area contributed by atoms with Crippen molar-refractivity contribution in [2.24, 2.45) is 0 Å². The number of nitrogens with one attached hydrogen (secondary N) is 1. The van der Waals surface area contributed by atoms with Crippen molar-refractivity contribution >= 4 is 17.7 Å². The Morgan fingerprint density at radius 1 is 1.59 bits per heavy atom. The number of hydrogen-bond donors (Lipinski definition) is 2. The van der Waals surface area contributed by atoms with Crippen molar-refractivity contribution in [1.82, 2.24) is 5.32 Å². The minimum Gasteiger partial charge on any atom is -0.495 e. The average Bonchev–Trinajstić information content (AvgIpc) is 2.34. The van der Waals surface area contributed by atoms with E-state index in [1.165, 1.54) is 6.08 Å². The average molecular weight is 232 g/mol. The first-order valence-corrected chi connectivity index (χ1v) is 5.17. The normalized spacial score (nSPS) is 10.2. The molecule has 1 aromatic carbocycles. The highest BCUT2D eigenvalue weighted by atomic mass is 16.5. The minimum absolute atomic E-state index is 0.167. The molecule has 0 saturated heterocycles. The number of carbonyl (C=O) groups is 1. The third-order valence-corrected chi connectivity index (χ3v) is 2.10. The fourth-order valence-electron chi connectivity index (χ4n) is 1.26. The molecule has 4 heteroatoms. The molecule has 3 N–H and O–H groups in total. The number of carbonyl (C=O) groups excluding carboxylic acids is 1. The zero-order chi connectivity index (χ0) is 12.7. The molecule has 0 bridgehead atoms.